The molecule has 3 aromatic rings. The number of carbonyl (C=O) groups is 1. The summed E-state index contributed by atoms with van der Waals surface area (Å²) in [6.45, 7) is 12.1. The summed E-state index contributed by atoms with van der Waals surface area (Å²) in [6.07, 6.45) is 0.213. The van der Waals surface area contributed by atoms with Crippen molar-refractivity contribution < 1.29 is 14.3 Å². The topological polar surface area (TPSA) is 105 Å². The van der Waals surface area contributed by atoms with Gasteiger partial charge < -0.3 is 15.2 Å². The molecular formula is C26H35N5O3. The molecule has 2 aromatic carbocycles. The highest BCUT2D eigenvalue weighted by atomic mass is 16.6. The molecule has 1 aliphatic heterocycles. The summed E-state index contributed by atoms with van der Waals surface area (Å²) in [4.78, 5) is 14.7. The Bertz CT molecular complexity index is 1120. The van der Waals surface area contributed by atoms with E-state index < -0.39 is 6.09 Å². The van der Waals surface area contributed by atoms with E-state index in [4.69, 9.17) is 9.73 Å². The van der Waals surface area contributed by atoms with Crippen LogP contribution in [0.2, 0.25) is 0 Å². The number of methoxy groups -OCH3 is 1. The van der Waals surface area contributed by atoms with Gasteiger partial charge in [0.1, 0.15) is 18.1 Å². The third-order valence-electron chi connectivity index (χ3n) is 4.96. The summed E-state index contributed by atoms with van der Waals surface area (Å²) in [5.41, 5.74) is 10.1. The maximum Gasteiger partial charge on any atom is 0.404 e. The number of amides is 1. The highest BCUT2D eigenvalue weighted by molar-refractivity contribution is 6.15. The lowest BCUT2D eigenvalue weighted by molar-refractivity contribution is 0.125. The number of rotatable bonds is 4. The Hall–Kier alpha value is -3.68. The zero-order valence-corrected chi connectivity index (χ0v) is 21.1. The van der Waals surface area contributed by atoms with E-state index in [1.54, 1.807) is 21.0 Å². The second-order valence-electron chi connectivity index (χ2n) is 7.58. The Labute approximate surface area is 201 Å². The van der Waals surface area contributed by atoms with Crippen LogP contribution in [0.3, 0.4) is 0 Å². The maximum absolute atomic E-state index is 9.81. The van der Waals surface area contributed by atoms with Crippen molar-refractivity contribution in [3.8, 4) is 11.4 Å². The number of aryl methyl sites for hydroxylation is 2. The number of aromatic nitrogens is 3. The van der Waals surface area contributed by atoms with Gasteiger partial charge in [-0.05, 0) is 51.0 Å². The molecule has 0 saturated heterocycles. The molecular weight excluding hydrogens is 430 g/mol. The molecule has 2 heterocycles. The zero-order valence-electron chi connectivity index (χ0n) is 21.1. The highest BCUT2D eigenvalue weighted by Gasteiger charge is 2.22. The molecule has 1 aromatic heterocycles. The molecule has 1 aliphatic rings. The number of hydrogen-bond donors (Lipinski definition) is 1. The molecule has 8 nitrogen and oxygen atoms in total. The van der Waals surface area contributed by atoms with E-state index in [-0.39, 0.29) is 6.10 Å². The van der Waals surface area contributed by atoms with E-state index in [1.807, 2.05) is 32.9 Å². The van der Waals surface area contributed by atoms with Gasteiger partial charge in [-0.1, -0.05) is 45.0 Å². The van der Waals surface area contributed by atoms with Crippen LogP contribution in [-0.4, -0.2) is 39.8 Å². The fraction of sp³-hybridized carbons (Fsp3) is 0.385. The molecule has 0 spiro atoms. The van der Waals surface area contributed by atoms with Gasteiger partial charge in [0.05, 0.1) is 24.6 Å². The van der Waals surface area contributed by atoms with Gasteiger partial charge in [0.2, 0.25) is 0 Å². The lowest BCUT2D eigenvalue weighted by atomic mass is 9.98. The highest BCUT2D eigenvalue weighted by Crippen LogP contribution is 2.29. The second kappa shape index (κ2) is 12.5. The number of nitrogens with two attached hydrogens (primary N) is 1. The fourth-order valence-electron chi connectivity index (χ4n) is 3.46. The Kier molecular flexibility index (Phi) is 9.79. The maximum atomic E-state index is 9.81. The molecule has 0 bridgehead atoms. The van der Waals surface area contributed by atoms with Gasteiger partial charge in [-0.3, -0.25) is 9.56 Å². The minimum atomic E-state index is -0.713. The van der Waals surface area contributed by atoms with Crippen LogP contribution in [0.15, 0.2) is 47.5 Å². The Morgan fingerprint density at radius 1 is 1.12 bits per heavy atom. The summed E-state index contributed by atoms with van der Waals surface area (Å²) in [6, 6.07) is 14.7. The van der Waals surface area contributed by atoms with Crippen LogP contribution in [0.4, 0.5) is 4.79 Å². The van der Waals surface area contributed by atoms with E-state index in [2.05, 4.69) is 62.5 Å². The van der Waals surface area contributed by atoms with Gasteiger partial charge in [-0.2, -0.15) is 0 Å². The number of nitrogens with zero attached hydrogens (tertiary/aromatic N) is 4. The minimum absolute atomic E-state index is 0.0995. The van der Waals surface area contributed by atoms with Gasteiger partial charge in [-0.25, -0.2) is 4.79 Å². The van der Waals surface area contributed by atoms with Crippen molar-refractivity contribution in [2.24, 2.45) is 10.7 Å². The molecule has 0 saturated carbocycles. The summed E-state index contributed by atoms with van der Waals surface area (Å²) in [7, 11) is 1.68. The molecule has 0 unspecified atom stereocenters. The van der Waals surface area contributed by atoms with Crippen molar-refractivity contribution in [2.75, 3.05) is 7.11 Å². The van der Waals surface area contributed by atoms with E-state index >= 15 is 0 Å². The van der Waals surface area contributed by atoms with Gasteiger partial charge in [0.15, 0.2) is 5.82 Å². The number of carbonyl (C=O) groups excluding carboxylic acids is 1. The first kappa shape index (κ1) is 26.6. The summed E-state index contributed by atoms with van der Waals surface area (Å²) >= 11 is 0. The van der Waals surface area contributed by atoms with Gasteiger partial charge in [-0.15, -0.1) is 10.2 Å². The van der Waals surface area contributed by atoms with Crippen molar-refractivity contribution >= 4 is 11.8 Å². The Morgan fingerprint density at radius 2 is 1.79 bits per heavy atom. The molecule has 182 valence electrons. The summed E-state index contributed by atoms with van der Waals surface area (Å²) < 4.78 is 11.9. The standard InChI is InChI=1S/C20H20N4O.C4H9NO2.C2H6/c1-4-14-5-7-15(8-6-14)20-17-11-16(25-3)9-10-18(17)24-13(2)22-23-19(24)12-21-20;1-3(2)7-4(5)6;1-2/h5-11H,4,12H2,1-3H3;3H,1-2H3,(H2,5,6);1-2H3. The van der Waals surface area contributed by atoms with E-state index in [0.29, 0.717) is 6.54 Å². The molecule has 0 aliphatic carbocycles. The predicted molar refractivity (Wildman–Crippen MR) is 135 cm³/mol. The van der Waals surface area contributed by atoms with E-state index in [1.165, 1.54) is 5.56 Å². The molecule has 4 rings (SSSR count). The molecule has 1 amide bonds. The number of primary amides is 1. The number of benzene rings is 2. The SMILES string of the molecule is CC.CC(C)OC(N)=O.CCc1ccc(C2=NCc3nnc(C)n3-c3ccc(OC)cc32)cc1. The largest absolute Gasteiger partial charge is 0.497 e. The Balaban J connectivity index is 0.000000393. The van der Waals surface area contributed by atoms with Crippen molar-refractivity contribution in [1.82, 2.24) is 14.8 Å². The van der Waals surface area contributed by atoms with Crippen LogP contribution in [0.1, 0.15) is 63.0 Å². The van der Waals surface area contributed by atoms with Crippen molar-refractivity contribution in [3.63, 3.8) is 0 Å². The quantitative estimate of drug-likeness (QED) is 0.583. The lowest BCUT2D eigenvalue weighted by Gasteiger charge is -2.14. The smallest absolute Gasteiger partial charge is 0.404 e. The number of fused-ring (bicyclic) bond motifs is 3. The normalized spacial score (nSPS) is 11.5. The van der Waals surface area contributed by atoms with Crippen LogP contribution in [-0.2, 0) is 17.7 Å². The predicted octanol–water partition coefficient (Wildman–Crippen LogP) is 5.01. The first-order valence-corrected chi connectivity index (χ1v) is 11.5. The van der Waals surface area contributed by atoms with Crippen LogP contribution in [0, 0.1) is 6.92 Å². The molecule has 0 atom stereocenters. The van der Waals surface area contributed by atoms with Crippen LogP contribution in [0.5, 0.6) is 5.75 Å². The number of hydrogen-bond acceptors (Lipinski definition) is 6. The van der Waals surface area contributed by atoms with Gasteiger partial charge in [0, 0.05) is 11.1 Å². The van der Waals surface area contributed by atoms with E-state index in [9.17, 15) is 4.79 Å². The van der Waals surface area contributed by atoms with Crippen molar-refractivity contribution in [3.05, 3.63) is 70.8 Å². The zero-order chi connectivity index (χ0) is 25.3. The van der Waals surface area contributed by atoms with Crippen LogP contribution in [0.25, 0.3) is 5.69 Å². The first-order valence-electron chi connectivity index (χ1n) is 11.5. The molecule has 8 heteroatoms. The minimum Gasteiger partial charge on any atom is -0.497 e. The third kappa shape index (κ3) is 6.43. The van der Waals surface area contributed by atoms with Crippen LogP contribution >= 0.6 is 0 Å². The monoisotopic (exact) mass is 465 g/mol. The molecule has 2 N–H and O–H groups in total. The van der Waals surface area contributed by atoms with Gasteiger partial charge in [0.25, 0.3) is 0 Å². The summed E-state index contributed by atoms with van der Waals surface area (Å²) in [5.74, 6) is 2.52. The number of aliphatic imine (C=N–C) groups is 1. The number of ether oxygens (including phenoxy) is 2. The average molecular weight is 466 g/mol. The third-order valence-corrected chi connectivity index (χ3v) is 4.96. The van der Waals surface area contributed by atoms with Crippen molar-refractivity contribution in [2.45, 2.75) is 60.6 Å². The summed E-state index contributed by atoms with van der Waals surface area (Å²) in [5, 5.41) is 8.50. The average Bonchev–Trinajstić information content (AvgIpc) is 3.11. The van der Waals surface area contributed by atoms with Crippen LogP contribution < -0.4 is 10.5 Å². The molecule has 0 fully saturated rings. The molecule has 34 heavy (non-hydrogen) atoms. The van der Waals surface area contributed by atoms with Crippen molar-refractivity contribution in [1.29, 1.82) is 0 Å². The second-order valence-corrected chi connectivity index (χ2v) is 7.58. The van der Waals surface area contributed by atoms with E-state index in [0.717, 1.165) is 46.3 Å². The fourth-order valence-corrected chi connectivity index (χ4v) is 3.46. The lowest BCUT2D eigenvalue weighted by Crippen LogP contribution is -2.17. The Morgan fingerprint density at radius 3 is 2.32 bits per heavy atom. The van der Waals surface area contributed by atoms with Gasteiger partial charge >= 0.3 is 6.09 Å². The first-order chi connectivity index (χ1) is 16.3. The molecule has 0 radical (unpaired) electrons.